The quantitative estimate of drug-likeness (QED) is 0.146. The number of rotatable bonds is 8. The number of aliphatic hydroxyl groups excluding tert-OH is 4. The first kappa shape index (κ1) is 19.4. The van der Waals surface area contributed by atoms with Gasteiger partial charge in [0.05, 0.1) is 11.7 Å². The van der Waals surface area contributed by atoms with Crippen LogP contribution in [0.2, 0.25) is 0 Å². The second kappa shape index (κ2) is 8.82. The molecule has 130 valence electrons. The highest BCUT2D eigenvalue weighted by molar-refractivity contribution is 5.97. The molecule has 0 saturated heterocycles. The second-order valence-corrected chi connectivity index (χ2v) is 4.78. The van der Waals surface area contributed by atoms with Crippen LogP contribution in [0.3, 0.4) is 0 Å². The summed E-state index contributed by atoms with van der Waals surface area (Å²) in [5.74, 6) is -1.28. The lowest BCUT2D eigenvalue weighted by atomic mass is 10.0. The Morgan fingerprint density at radius 3 is 2.50 bits per heavy atom. The molecule has 1 aromatic carbocycles. The molecule has 0 saturated carbocycles. The van der Waals surface area contributed by atoms with Gasteiger partial charge in [-0.05, 0) is 17.7 Å². The fourth-order valence-electron chi connectivity index (χ4n) is 1.75. The van der Waals surface area contributed by atoms with Crippen LogP contribution in [-0.2, 0) is 4.79 Å². The number of amides is 1. The molecule has 0 bridgehead atoms. The summed E-state index contributed by atoms with van der Waals surface area (Å²) in [6.45, 7) is -0.528. The summed E-state index contributed by atoms with van der Waals surface area (Å²) in [5, 5.41) is 52.8. The van der Waals surface area contributed by atoms with Crippen molar-refractivity contribution >= 4 is 17.9 Å². The number of carbonyl (C=O) groups is 2. The van der Waals surface area contributed by atoms with Crippen molar-refractivity contribution in [3.05, 3.63) is 34.2 Å². The third-order valence-electron chi connectivity index (χ3n) is 3.09. The lowest BCUT2D eigenvalue weighted by molar-refractivity contribution is -0.133. The molecule has 0 aliphatic heterocycles. The van der Waals surface area contributed by atoms with E-state index in [0.717, 1.165) is 6.07 Å². The first-order chi connectivity index (χ1) is 11.3. The van der Waals surface area contributed by atoms with E-state index in [2.05, 4.69) is 15.3 Å². The average Bonchev–Trinajstić information content (AvgIpc) is 2.57. The minimum absolute atomic E-state index is 0.0114. The number of carbonyl (C=O) groups excluding carboxylic acids is 2. The van der Waals surface area contributed by atoms with Gasteiger partial charge in [0, 0.05) is 17.1 Å². The van der Waals surface area contributed by atoms with Crippen LogP contribution >= 0.6 is 0 Å². The van der Waals surface area contributed by atoms with Gasteiger partial charge in [-0.3, -0.25) is 4.79 Å². The number of benzene rings is 1. The number of hydrogen-bond acceptors (Lipinski definition) is 8. The Balaban J connectivity index is 2.68. The van der Waals surface area contributed by atoms with E-state index in [1.165, 1.54) is 12.1 Å². The standard InChI is InChI=1S/C13H16N4O7/c14-17-16-6-1-2-7(8(19)3-6)13(24)15-4-9(20)11(22)12(23)10(21)5-18/h1-3,5,9-12,19-23H,4H2,(H,15,24)/t9-,10+,11-,12-/m1/s1. The van der Waals surface area contributed by atoms with Crippen molar-refractivity contribution in [3.63, 3.8) is 0 Å². The normalized spacial score (nSPS) is 15.5. The fraction of sp³-hybridized carbons (Fsp3) is 0.385. The van der Waals surface area contributed by atoms with Gasteiger partial charge in [0.15, 0.2) is 6.29 Å². The van der Waals surface area contributed by atoms with Gasteiger partial charge in [0.25, 0.3) is 5.91 Å². The van der Waals surface area contributed by atoms with Crippen molar-refractivity contribution in [3.8, 4) is 5.75 Å². The largest absolute Gasteiger partial charge is 0.507 e. The van der Waals surface area contributed by atoms with Crippen LogP contribution in [0.1, 0.15) is 10.4 Å². The highest BCUT2D eigenvalue weighted by Gasteiger charge is 2.30. The molecule has 1 aromatic rings. The molecule has 0 fully saturated rings. The maximum atomic E-state index is 11.9. The molecule has 24 heavy (non-hydrogen) atoms. The van der Waals surface area contributed by atoms with Crippen molar-refractivity contribution in [2.75, 3.05) is 6.54 Å². The Kier molecular flexibility index (Phi) is 7.11. The molecule has 0 unspecified atom stereocenters. The van der Waals surface area contributed by atoms with E-state index in [0.29, 0.717) is 0 Å². The van der Waals surface area contributed by atoms with Crippen molar-refractivity contribution in [1.82, 2.24) is 5.32 Å². The maximum Gasteiger partial charge on any atom is 0.255 e. The molecular formula is C13H16N4O7. The summed E-state index contributed by atoms with van der Waals surface area (Å²) in [7, 11) is 0. The molecule has 4 atom stereocenters. The van der Waals surface area contributed by atoms with E-state index in [1.807, 2.05) is 0 Å². The van der Waals surface area contributed by atoms with Gasteiger partial charge in [-0.2, -0.15) is 0 Å². The Morgan fingerprint density at radius 2 is 1.96 bits per heavy atom. The van der Waals surface area contributed by atoms with E-state index < -0.39 is 42.6 Å². The van der Waals surface area contributed by atoms with Crippen molar-refractivity contribution in [1.29, 1.82) is 0 Å². The zero-order valence-corrected chi connectivity index (χ0v) is 12.2. The van der Waals surface area contributed by atoms with Gasteiger partial charge in [0.2, 0.25) is 0 Å². The summed E-state index contributed by atoms with van der Waals surface area (Å²) in [4.78, 5) is 24.7. The van der Waals surface area contributed by atoms with Gasteiger partial charge in [-0.25, -0.2) is 0 Å². The first-order valence-corrected chi connectivity index (χ1v) is 6.65. The summed E-state index contributed by atoms with van der Waals surface area (Å²) >= 11 is 0. The molecule has 0 spiro atoms. The summed E-state index contributed by atoms with van der Waals surface area (Å²) in [6.07, 6.45) is -7.38. The molecule has 6 N–H and O–H groups in total. The Hall–Kier alpha value is -2.69. The smallest absolute Gasteiger partial charge is 0.255 e. The molecule has 11 heteroatoms. The number of aliphatic hydroxyl groups is 4. The maximum absolute atomic E-state index is 11.9. The van der Waals surface area contributed by atoms with E-state index in [9.17, 15) is 30.0 Å². The number of nitrogens with zero attached hydrogens (tertiary/aromatic N) is 3. The molecule has 0 radical (unpaired) electrons. The molecule has 1 rings (SSSR count). The Labute approximate surface area is 135 Å². The van der Waals surface area contributed by atoms with Crippen LogP contribution in [0.25, 0.3) is 10.4 Å². The zero-order valence-electron chi connectivity index (χ0n) is 12.2. The van der Waals surface area contributed by atoms with Crippen LogP contribution < -0.4 is 5.32 Å². The summed E-state index contributed by atoms with van der Waals surface area (Å²) in [5.41, 5.74) is 8.19. The Morgan fingerprint density at radius 1 is 1.29 bits per heavy atom. The molecule has 1 amide bonds. The van der Waals surface area contributed by atoms with Crippen LogP contribution in [-0.4, -0.2) is 68.7 Å². The predicted molar refractivity (Wildman–Crippen MR) is 79.3 cm³/mol. The number of aldehydes is 1. The van der Waals surface area contributed by atoms with Gasteiger partial charge in [0.1, 0.15) is 24.1 Å². The number of hydrogen-bond donors (Lipinski definition) is 6. The minimum atomic E-state index is -1.93. The fourth-order valence-corrected chi connectivity index (χ4v) is 1.75. The molecule has 11 nitrogen and oxygen atoms in total. The van der Waals surface area contributed by atoms with E-state index >= 15 is 0 Å². The third-order valence-corrected chi connectivity index (χ3v) is 3.09. The monoisotopic (exact) mass is 340 g/mol. The number of phenols is 1. The highest BCUT2D eigenvalue weighted by atomic mass is 16.4. The van der Waals surface area contributed by atoms with Crippen molar-refractivity contribution in [2.45, 2.75) is 24.4 Å². The zero-order chi connectivity index (χ0) is 18.3. The topological polar surface area (TPSA) is 196 Å². The lowest BCUT2D eigenvalue weighted by Gasteiger charge is -2.24. The molecule has 0 heterocycles. The SMILES string of the molecule is [N-]=[N+]=Nc1ccc(C(=O)NC[C@@H](O)[C@@H](O)[C@H](O)[C@@H](O)C=O)c(O)c1. The summed E-state index contributed by atoms with van der Waals surface area (Å²) in [6, 6.07) is 3.52. The number of nitrogens with one attached hydrogen (secondary N) is 1. The van der Waals surface area contributed by atoms with Crippen LogP contribution in [0.4, 0.5) is 5.69 Å². The first-order valence-electron chi connectivity index (χ1n) is 6.65. The van der Waals surface area contributed by atoms with E-state index in [4.69, 9.17) is 10.6 Å². The number of phenolic OH excluding ortho intramolecular Hbond substituents is 1. The van der Waals surface area contributed by atoms with Crippen LogP contribution in [0, 0.1) is 0 Å². The lowest BCUT2D eigenvalue weighted by Crippen LogP contribution is -2.49. The minimum Gasteiger partial charge on any atom is -0.507 e. The van der Waals surface area contributed by atoms with Gasteiger partial charge < -0.3 is 35.6 Å². The van der Waals surface area contributed by atoms with Gasteiger partial charge >= 0.3 is 0 Å². The van der Waals surface area contributed by atoms with Crippen molar-refractivity contribution < 1.29 is 35.1 Å². The van der Waals surface area contributed by atoms with Crippen molar-refractivity contribution in [2.24, 2.45) is 5.11 Å². The molecule has 0 aliphatic rings. The predicted octanol–water partition coefficient (Wildman–Crippen LogP) is -1.29. The van der Waals surface area contributed by atoms with Gasteiger partial charge in [-0.1, -0.05) is 11.2 Å². The molecule has 0 aliphatic carbocycles. The average molecular weight is 340 g/mol. The number of azide groups is 1. The Bertz CT molecular complexity index is 647. The summed E-state index contributed by atoms with van der Waals surface area (Å²) < 4.78 is 0. The van der Waals surface area contributed by atoms with Crippen LogP contribution in [0.5, 0.6) is 5.75 Å². The molecular weight excluding hydrogens is 324 g/mol. The van der Waals surface area contributed by atoms with Crippen LogP contribution in [0.15, 0.2) is 23.3 Å². The van der Waals surface area contributed by atoms with E-state index in [-0.39, 0.29) is 17.5 Å². The second-order valence-electron chi connectivity index (χ2n) is 4.78. The molecule has 0 aromatic heterocycles. The number of aromatic hydroxyl groups is 1. The van der Waals surface area contributed by atoms with Gasteiger partial charge in [-0.15, -0.1) is 0 Å². The third kappa shape index (κ3) is 4.91. The van der Waals surface area contributed by atoms with E-state index in [1.54, 1.807) is 0 Å². The highest BCUT2D eigenvalue weighted by Crippen LogP contribution is 2.23.